The number of aromatic carboxylic acids is 1. The van der Waals surface area contributed by atoms with E-state index in [1.54, 1.807) is 12.4 Å². The van der Waals surface area contributed by atoms with Gasteiger partial charge in [-0.25, -0.2) is 4.79 Å². The van der Waals surface area contributed by atoms with Crippen LogP contribution in [0.5, 0.6) is 0 Å². The molecule has 0 aliphatic carbocycles. The van der Waals surface area contributed by atoms with Crippen molar-refractivity contribution in [3.05, 3.63) is 28.2 Å². The van der Waals surface area contributed by atoms with Crippen LogP contribution in [0.25, 0.3) is 0 Å². The maximum atomic E-state index is 10.7. The smallest absolute Gasteiger partial charge is 0.345 e. The van der Waals surface area contributed by atoms with E-state index in [1.165, 1.54) is 23.1 Å². The van der Waals surface area contributed by atoms with Crippen LogP contribution >= 0.6 is 23.1 Å². The first-order valence-electron chi connectivity index (χ1n) is 4.45. The molecular formula is C9H9N3O2S2. The van der Waals surface area contributed by atoms with Crippen molar-refractivity contribution in [3.63, 3.8) is 0 Å². The van der Waals surface area contributed by atoms with Crippen molar-refractivity contribution in [2.75, 3.05) is 0 Å². The fraction of sp³-hybridized carbons (Fsp3) is 0.222. The van der Waals surface area contributed by atoms with Crippen molar-refractivity contribution in [2.45, 2.75) is 10.9 Å². The van der Waals surface area contributed by atoms with E-state index in [0.29, 0.717) is 10.6 Å². The molecule has 7 heteroatoms. The van der Waals surface area contributed by atoms with Crippen molar-refractivity contribution in [3.8, 4) is 0 Å². The van der Waals surface area contributed by atoms with Gasteiger partial charge in [-0.15, -0.1) is 21.5 Å². The Kier molecular flexibility index (Phi) is 3.25. The lowest BCUT2D eigenvalue weighted by molar-refractivity contribution is 0.0702. The van der Waals surface area contributed by atoms with Crippen molar-refractivity contribution >= 4 is 29.1 Å². The predicted octanol–water partition coefficient (Wildman–Crippen LogP) is 1.87. The van der Waals surface area contributed by atoms with E-state index in [1.807, 2.05) is 17.7 Å². The third-order valence-electron chi connectivity index (χ3n) is 1.89. The van der Waals surface area contributed by atoms with E-state index in [9.17, 15) is 4.79 Å². The van der Waals surface area contributed by atoms with Gasteiger partial charge in [0.25, 0.3) is 0 Å². The first-order chi connectivity index (χ1) is 7.66. The maximum Gasteiger partial charge on any atom is 0.345 e. The molecule has 0 fully saturated rings. The molecule has 0 unspecified atom stereocenters. The highest BCUT2D eigenvalue weighted by Crippen LogP contribution is 2.25. The van der Waals surface area contributed by atoms with E-state index in [0.717, 1.165) is 10.0 Å². The zero-order valence-electron chi connectivity index (χ0n) is 8.45. The topological polar surface area (TPSA) is 68.0 Å². The van der Waals surface area contributed by atoms with Crippen molar-refractivity contribution in [1.29, 1.82) is 0 Å². The molecule has 5 nitrogen and oxygen atoms in total. The van der Waals surface area contributed by atoms with Gasteiger partial charge in [-0.05, 0) is 12.1 Å². The van der Waals surface area contributed by atoms with Gasteiger partial charge in [0.2, 0.25) is 0 Å². The highest BCUT2D eigenvalue weighted by Gasteiger charge is 2.08. The van der Waals surface area contributed by atoms with Crippen LogP contribution in [0.4, 0.5) is 0 Å². The molecule has 2 heterocycles. The van der Waals surface area contributed by atoms with Crippen LogP contribution < -0.4 is 0 Å². The third kappa shape index (κ3) is 2.42. The highest BCUT2D eigenvalue weighted by molar-refractivity contribution is 7.98. The Labute approximate surface area is 100 Å². The molecule has 2 aromatic heterocycles. The summed E-state index contributed by atoms with van der Waals surface area (Å²) in [6.45, 7) is 0. The number of thioether (sulfide) groups is 1. The van der Waals surface area contributed by atoms with Crippen LogP contribution in [0.2, 0.25) is 0 Å². The molecule has 0 aliphatic rings. The van der Waals surface area contributed by atoms with E-state index in [-0.39, 0.29) is 0 Å². The molecule has 1 N–H and O–H groups in total. The standard InChI is InChI=1S/C9H9N3O2S2/c1-12-5-10-11-9(12)15-4-6-2-3-7(16-6)8(13)14/h2-3,5H,4H2,1H3,(H,13,14). The number of hydrogen-bond donors (Lipinski definition) is 1. The number of carboxylic acid groups (broad SMARTS) is 1. The molecule has 0 amide bonds. The Balaban J connectivity index is 2.00. The van der Waals surface area contributed by atoms with Crippen molar-refractivity contribution in [1.82, 2.24) is 14.8 Å². The summed E-state index contributed by atoms with van der Waals surface area (Å²) < 4.78 is 1.83. The summed E-state index contributed by atoms with van der Waals surface area (Å²) in [5.74, 6) is -0.162. The number of aromatic nitrogens is 3. The SMILES string of the molecule is Cn1cnnc1SCc1ccc(C(=O)O)s1. The molecule has 0 radical (unpaired) electrons. The molecule has 0 saturated carbocycles. The first kappa shape index (κ1) is 11.2. The van der Waals surface area contributed by atoms with Gasteiger partial charge < -0.3 is 9.67 Å². The lowest BCUT2D eigenvalue weighted by Crippen LogP contribution is -1.90. The molecule has 0 saturated heterocycles. The van der Waals surface area contributed by atoms with Gasteiger partial charge in [-0.2, -0.15) is 0 Å². The van der Waals surface area contributed by atoms with Crippen LogP contribution in [0, 0.1) is 0 Å². The zero-order valence-corrected chi connectivity index (χ0v) is 10.1. The molecular weight excluding hydrogens is 246 g/mol. The fourth-order valence-electron chi connectivity index (χ4n) is 1.11. The van der Waals surface area contributed by atoms with Gasteiger partial charge in [0.05, 0.1) is 0 Å². The summed E-state index contributed by atoms with van der Waals surface area (Å²) in [6, 6.07) is 3.46. The van der Waals surface area contributed by atoms with E-state index in [4.69, 9.17) is 5.11 Å². The Morgan fingerprint density at radius 3 is 3.00 bits per heavy atom. The number of carboxylic acids is 1. The first-order valence-corrected chi connectivity index (χ1v) is 6.26. The van der Waals surface area contributed by atoms with Crippen LogP contribution in [-0.2, 0) is 12.8 Å². The number of thiophene rings is 1. The summed E-state index contributed by atoms with van der Waals surface area (Å²) in [5.41, 5.74) is 0. The fourth-order valence-corrected chi connectivity index (χ4v) is 2.89. The van der Waals surface area contributed by atoms with Gasteiger partial charge in [-0.1, -0.05) is 11.8 Å². The Morgan fingerprint density at radius 2 is 2.44 bits per heavy atom. The van der Waals surface area contributed by atoms with E-state index < -0.39 is 5.97 Å². The highest BCUT2D eigenvalue weighted by atomic mass is 32.2. The minimum atomic E-state index is -0.875. The third-order valence-corrected chi connectivity index (χ3v) is 4.22. The number of nitrogens with zero attached hydrogens (tertiary/aromatic N) is 3. The molecule has 0 aromatic carbocycles. The second kappa shape index (κ2) is 4.67. The molecule has 16 heavy (non-hydrogen) atoms. The molecule has 0 bridgehead atoms. The number of aryl methyl sites for hydroxylation is 1. The Hall–Kier alpha value is -1.34. The van der Waals surface area contributed by atoms with Gasteiger partial charge in [0, 0.05) is 17.7 Å². The van der Waals surface area contributed by atoms with Crippen LogP contribution in [-0.4, -0.2) is 25.8 Å². The normalized spacial score (nSPS) is 10.6. The minimum Gasteiger partial charge on any atom is -0.477 e. The van der Waals surface area contributed by atoms with Gasteiger partial charge in [-0.3, -0.25) is 0 Å². The molecule has 2 aromatic rings. The van der Waals surface area contributed by atoms with Crippen LogP contribution in [0.3, 0.4) is 0 Å². The summed E-state index contributed by atoms with van der Waals surface area (Å²) in [6.07, 6.45) is 1.64. The van der Waals surface area contributed by atoms with Crippen LogP contribution in [0.15, 0.2) is 23.6 Å². The minimum absolute atomic E-state index is 0.369. The quantitative estimate of drug-likeness (QED) is 0.845. The van der Waals surface area contributed by atoms with Crippen LogP contribution in [0.1, 0.15) is 14.5 Å². The van der Waals surface area contributed by atoms with E-state index in [2.05, 4.69) is 10.2 Å². The molecule has 2 rings (SSSR count). The lowest BCUT2D eigenvalue weighted by atomic mass is 10.4. The largest absolute Gasteiger partial charge is 0.477 e. The Bertz CT molecular complexity index is 506. The summed E-state index contributed by atoms with van der Waals surface area (Å²) in [7, 11) is 1.87. The average molecular weight is 255 g/mol. The van der Waals surface area contributed by atoms with Gasteiger partial charge >= 0.3 is 5.97 Å². The lowest BCUT2D eigenvalue weighted by Gasteiger charge is -1.97. The summed E-state index contributed by atoms with van der Waals surface area (Å²) in [4.78, 5) is 12.1. The average Bonchev–Trinajstić information content (AvgIpc) is 2.83. The zero-order chi connectivity index (χ0) is 11.5. The summed E-state index contributed by atoms with van der Waals surface area (Å²) >= 11 is 2.83. The second-order valence-electron chi connectivity index (χ2n) is 3.08. The van der Waals surface area contributed by atoms with E-state index >= 15 is 0 Å². The molecule has 0 aliphatic heterocycles. The summed E-state index contributed by atoms with van der Waals surface area (Å²) in [5, 5.41) is 17.3. The molecule has 84 valence electrons. The number of carbonyl (C=O) groups is 1. The Morgan fingerprint density at radius 1 is 1.62 bits per heavy atom. The number of rotatable bonds is 4. The predicted molar refractivity (Wildman–Crippen MR) is 61.8 cm³/mol. The maximum absolute atomic E-state index is 10.7. The molecule has 0 spiro atoms. The number of hydrogen-bond acceptors (Lipinski definition) is 5. The molecule has 0 atom stereocenters. The monoisotopic (exact) mass is 255 g/mol. The second-order valence-corrected chi connectivity index (χ2v) is 5.20. The van der Waals surface area contributed by atoms with Gasteiger partial charge in [0.15, 0.2) is 5.16 Å². The van der Waals surface area contributed by atoms with Crippen molar-refractivity contribution < 1.29 is 9.90 Å². The van der Waals surface area contributed by atoms with Crippen molar-refractivity contribution in [2.24, 2.45) is 7.05 Å². The van der Waals surface area contributed by atoms with Gasteiger partial charge in [0.1, 0.15) is 11.2 Å².